The van der Waals surface area contributed by atoms with Crippen molar-refractivity contribution in [1.29, 1.82) is 0 Å². The Bertz CT molecular complexity index is 376. The number of morpholine rings is 1. The maximum atomic E-state index is 12.4. The van der Waals surface area contributed by atoms with E-state index in [1.54, 1.807) is 6.92 Å². The van der Waals surface area contributed by atoms with Gasteiger partial charge in [-0.1, -0.05) is 0 Å². The number of hydrogen-bond acceptors (Lipinski definition) is 5. The van der Waals surface area contributed by atoms with Gasteiger partial charge in [-0.3, -0.25) is 19.4 Å². The van der Waals surface area contributed by atoms with Gasteiger partial charge in [0.25, 0.3) is 0 Å². The zero-order chi connectivity index (χ0) is 15.4. The van der Waals surface area contributed by atoms with E-state index in [4.69, 9.17) is 9.84 Å². The van der Waals surface area contributed by atoms with Crippen LogP contribution in [0.25, 0.3) is 0 Å². The summed E-state index contributed by atoms with van der Waals surface area (Å²) in [7, 11) is 0. The van der Waals surface area contributed by atoms with Crippen LogP contribution in [0.15, 0.2) is 0 Å². The Labute approximate surface area is 125 Å². The number of aliphatic carboxylic acids is 1. The summed E-state index contributed by atoms with van der Waals surface area (Å²) >= 11 is 0. The highest BCUT2D eigenvalue weighted by Crippen LogP contribution is 2.12. The molecule has 0 unspecified atom stereocenters. The lowest BCUT2D eigenvalue weighted by molar-refractivity contribution is -0.145. The minimum Gasteiger partial charge on any atom is -0.480 e. The standard InChI is InChI=1S/C14H25N3O4/c1-11(13(18)17-7-9-21-10-8-17)15-3-5-16(6-4-15)12(2)14(19)20/h11-12H,3-10H2,1-2H3,(H,19,20)/t11-,12-/m1/s1. The first-order valence-electron chi connectivity index (χ1n) is 7.58. The summed E-state index contributed by atoms with van der Waals surface area (Å²) < 4.78 is 5.27. The first-order valence-corrected chi connectivity index (χ1v) is 7.58. The Morgan fingerprint density at radius 1 is 0.905 bits per heavy atom. The summed E-state index contributed by atoms with van der Waals surface area (Å²) in [5, 5.41) is 9.04. The van der Waals surface area contributed by atoms with Crippen molar-refractivity contribution in [3.8, 4) is 0 Å². The first-order chi connectivity index (χ1) is 10.0. The maximum absolute atomic E-state index is 12.4. The van der Waals surface area contributed by atoms with E-state index in [-0.39, 0.29) is 11.9 Å². The third-order valence-corrected chi connectivity index (χ3v) is 4.48. The number of piperazine rings is 1. The molecule has 1 amide bonds. The van der Waals surface area contributed by atoms with Crippen LogP contribution >= 0.6 is 0 Å². The summed E-state index contributed by atoms with van der Waals surface area (Å²) in [6.45, 7) is 9.05. The van der Waals surface area contributed by atoms with Gasteiger partial charge in [0.2, 0.25) is 5.91 Å². The lowest BCUT2D eigenvalue weighted by Crippen LogP contribution is -2.57. The molecule has 0 aliphatic carbocycles. The van der Waals surface area contributed by atoms with E-state index < -0.39 is 12.0 Å². The highest BCUT2D eigenvalue weighted by molar-refractivity contribution is 5.81. The number of nitrogens with zero attached hydrogens (tertiary/aromatic N) is 3. The summed E-state index contributed by atoms with van der Waals surface area (Å²) in [5.41, 5.74) is 0. The molecule has 0 radical (unpaired) electrons. The fraction of sp³-hybridized carbons (Fsp3) is 0.857. The largest absolute Gasteiger partial charge is 0.480 e. The van der Waals surface area contributed by atoms with Gasteiger partial charge in [0.05, 0.1) is 19.3 Å². The molecule has 0 aromatic carbocycles. The van der Waals surface area contributed by atoms with Crippen LogP contribution in [0.3, 0.4) is 0 Å². The Kier molecular flexibility index (Phi) is 5.55. The molecule has 0 saturated carbocycles. The molecule has 0 aromatic rings. The van der Waals surface area contributed by atoms with E-state index in [2.05, 4.69) is 4.90 Å². The second kappa shape index (κ2) is 7.20. The van der Waals surface area contributed by atoms with E-state index in [1.807, 2.05) is 16.7 Å². The molecule has 2 heterocycles. The van der Waals surface area contributed by atoms with Gasteiger partial charge in [-0.15, -0.1) is 0 Å². The van der Waals surface area contributed by atoms with Crippen molar-refractivity contribution >= 4 is 11.9 Å². The molecule has 0 bridgehead atoms. The molecule has 2 fully saturated rings. The van der Waals surface area contributed by atoms with Gasteiger partial charge < -0.3 is 14.7 Å². The van der Waals surface area contributed by atoms with Crippen molar-refractivity contribution in [3.05, 3.63) is 0 Å². The SMILES string of the molecule is C[C@H](C(=O)O)N1CCN([C@H](C)C(=O)N2CCOCC2)CC1. The Morgan fingerprint density at radius 2 is 1.38 bits per heavy atom. The number of carboxylic acids is 1. The van der Waals surface area contributed by atoms with Crippen molar-refractivity contribution in [3.63, 3.8) is 0 Å². The van der Waals surface area contributed by atoms with Gasteiger partial charge in [-0.25, -0.2) is 0 Å². The maximum Gasteiger partial charge on any atom is 0.320 e. The fourth-order valence-electron chi connectivity index (χ4n) is 2.87. The zero-order valence-electron chi connectivity index (χ0n) is 12.8. The fourth-order valence-corrected chi connectivity index (χ4v) is 2.87. The molecule has 120 valence electrons. The number of ether oxygens (including phenoxy) is 1. The topological polar surface area (TPSA) is 73.3 Å². The van der Waals surface area contributed by atoms with Crippen LogP contribution in [0.4, 0.5) is 0 Å². The molecule has 7 nitrogen and oxygen atoms in total. The van der Waals surface area contributed by atoms with Crippen molar-refractivity contribution < 1.29 is 19.4 Å². The molecular weight excluding hydrogens is 274 g/mol. The van der Waals surface area contributed by atoms with Crippen molar-refractivity contribution in [1.82, 2.24) is 14.7 Å². The molecule has 2 rings (SSSR count). The number of rotatable bonds is 4. The lowest BCUT2D eigenvalue weighted by Gasteiger charge is -2.40. The Hall–Kier alpha value is -1.18. The summed E-state index contributed by atoms with van der Waals surface area (Å²) in [5.74, 6) is -0.640. The number of carboxylic acid groups (broad SMARTS) is 1. The minimum atomic E-state index is -0.791. The Balaban J connectivity index is 1.83. The minimum absolute atomic E-state index is 0.148. The third-order valence-electron chi connectivity index (χ3n) is 4.48. The van der Waals surface area contributed by atoms with Gasteiger partial charge in [0, 0.05) is 39.3 Å². The van der Waals surface area contributed by atoms with Crippen LogP contribution in [-0.4, -0.2) is 96.2 Å². The first kappa shape index (κ1) is 16.2. The molecule has 2 aliphatic rings. The van der Waals surface area contributed by atoms with Gasteiger partial charge >= 0.3 is 5.97 Å². The lowest BCUT2D eigenvalue weighted by atomic mass is 10.1. The Morgan fingerprint density at radius 3 is 1.86 bits per heavy atom. The van der Waals surface area contributed by atoms with E-state index in [0.717, 1.165) is 13.1 Å². The quantitative estimate of drug-likeness (QED) is 0.742. The van der Waals surface area contributed by atoms with Gasteiger partial charge in [0.1, 0.15) is 6.04 Å². The van der Waals surface area contributed by atoms with Crippen LogP contribution in [-0.2, 0) is 14.3 Å². The van der Waals surface area contributed by atoms with Crippen LogP contribution in [0, 0.1) is 0 Å². The molecule has 7 heteroatoms. The molecule has 1 N–H and O–H groups in total. The highest BCUT2D eigenvalue weighted by atomic mass is 16.5. The van der Waals surface area contributed by atoms with Crippen molar-refractivity contribution in [2.24, 2.45) is 0 Å². The number of amides is 1. The highest BCUT2D eigenvalue weighted by Gasteiger charge is 2.31. The van der Waals surface area contributed by atoms with Crippen molar-refractivity contribution in [2.75, 3.05) is 52.5 Å². The number of carbonyl (C=O) groups is 2. The molecule has 2 atom stereocenters. The smallest absolute Gasteiger partial charge is 0.320 e. The molecule has 2 saturated heterocycles. The van der Waals surface area contributed by atoms with Crippen LogP contribution < -0.4 is 0 Å². The monoisotopic (exact) mass is 299 g/mol. The van der Waals surface area contributed by atoms with E-state index in [9.17, 15) is 9.59 Å². The summed E-state index contributed by atoms with van der Waals surface area (Å²) in [6.07, 6.45) is 0. The van der Waals surface area contributed by atoms with E-state index >= 15 is 0 Å². The second-order valence-corrected chi connectivity index (χ2v) is 5.70. The van der Waals surface area contributed by atoms with Crippen molar-refractivity contribution in [2.45, 2.75) is 25.9 Å². The molecule has 2 aliphatic heterocycles. The summed E-state index contributed by atoms with van der Waals surface area (Å²) in [6, 6.07) is -0.609. The van der Waals surface area contributed by atoms with Crippen LogP contribution in [0.2, 0.25) is 0 Å². The molecular formula is C14H25N3O4. The third kappa shape index (κ3) is 3.93. The van der Waals surface area contributed by atoms with Crippen LogP contribution in [0.1, 0.15) is 13.8 Å². The normalized spacial score (nSPS) is 24.6. The molecule has 21 heavy (non-hydrogen) atoms. The number of carbonyl (C=O) groups excluding carboxylic acids is 1. The van der Waals surface area contributed by atoms with E-state index in [0.29, 0.717) is 39.4 Å². The molecule has 0 spiro atoms. The average molecular weight is 299 g/mol. The van der Waals surface area contributed by atoms with E-state index in [1.165, 1.54) is 0 Å². The number of hydrogen-bond donors (Lipinski definition) is 1. The van der Waals surface area contributed by atoms with Gasteiger partial charge in [-0.05, 0) is 13.8 Å². The zero-order valence-corrected chi connectivity index (χ0v) is 12.8. The second-order valence-electron chi connectivity index (χ2n) is 5.70. The van der Waals surface area contributed by atoms with Crippen LogP contribution in [0.5, 0.6) is 0 Å². The summed E-state index contributed by atoms with van der Waals surface area (Å²) in [4.78, 5) is 29.4. The predicted molar refractivity (Wildman–Crippen MR) is 77.1 cm³/mol. The predicted octanol–water partition coefficient (Wildman–Crippen LogP) is -0.676. The molecule has 0 aromatic heterocycles. The van der Waals surface area contributed by atoms with Gasteiger partial charge in [-0.2, -0.15) is 0 Å². The average Bonchev–Trinajstić information content (AvgIpc) is 2.53. The van der Waals surface area contributed by atoms with Gasteiger partial charge in [0.15, 0.2) is 0 Å².